The van der Waals surface area contributed by atoms with E-state index in [1.807, 2.05) is 12.1 Å². The third-order valence-corrected chi connectivity index (χ3v) is 4.40. The maximum Gasteiger partial charge on any atom is 0.335 e. The van der Waals surface area contributed by atoms with E-state index >= 15 is 0 Å². The van der Waals surface area contributed by atoms with Crippen LogP contribution in [0.25, 0.3) is 0 Å². The van der Waals surface area contributed by atoms with Crippen LogP contribution in [0.3, 0.4) is 0 Å². The molecule has 1 saturated carbocycles. The van der Waals surface area contributed by atoms with Gasteiger partial charge in [-0.1, -0.05) is 38.3 Å². The Balaban J connectivity index is 1.92. The van der Waals surface area contributed by atoms with Crippen LogP contribution in [0.1, 0.15) is 61.4 Å². The molecular formula is C17H25NO2. The van der Waals surface area contributed by atoms with Crippen molar-refractivity contribution in [2.45, 2.75) is 58.0 Å². The quantitative estimate of drug-likeness (QED) is 0.829. The Labute approximate surface area is 121 Å². The molecule has 1 unspecified atom stereocenters. The predicted molar refractivity (Wildman–Crippen MR) is 80.9 cm³/mol. The highest BCUT2D eigenvalue weighted by Crippen LogP contribution is 2.27. The van der Waals surface area contributed by atoms with E-state index in [0.717, 1.165) is 24.4 Å². The first-order valence-electron chi connectivity index (χ1n) is 7.76. The normalized spacial score (nSPS) is 17.9. The highest BCUT2D eigenvalue weighted by Gasteiger charge is 2.21. The average Bonchev–Trinajstić information content (AvgIpc) is 2.49. The first kappa shape index (κ1) is 15.0. The first-order chi connectivity index (χ1) is 9.70. The van der Waals surface area contributed by atoms with Gasteiger partial charge in [0.1, 0.15) is 0 Å². The van der Waals surface area contributed by atoms with Crippen LogP contribution >= 0.6 is 0 Å². The van der Waals surface area contributed by atoms with Gasteiger partial charge in [-0.2, -0.15) is 0 Å². The lowest BCUT2D eigenvalue weighted by molar-refractivity contribution is 0.0696. The van der Waals surface area contributed by atoms with Crippen molar-refractivity contribution in [3.8, 4) is 0 Å². The maximum absolute atomic E-state index is 11.0. The summed E-state index contributed by atoms with van der Waals surface area (Å²) < 4.78 is 0. The monoisotopic (exact) mass is 275 g/mol. The van der Waals surface area contributed by atoms with Crippen molar-refractivity contribution in [1.82, 2.24) is 5.32 Å². The number of nitrogens with one attached hydrogen (secondary N) is 1. The van der Waals surface area contributed by atoms with Crippen LogP contribution in [0.15, 0.2) is 24.3 Å². The van der Waals surface area contributed by atoms with E-state index in [1.165, 1.54) is 32.1 Å². The van der Waals surface area contributed by atoms with Gasteiger partial charge in [0.25, 0.3) is 0 Å². The topological polar surface area (TPSA) is 49.3 Å². The number of carboxylic acid groups (broad SMARTS) is 1. The summed E-state index contributed by atoms with van der Waals surface area (Å²) >= 11 is 0. The van der Waals surface area contributed by atoms with Gasteiger partial charge >= 0.3 is 5.97 Å². The molecular weight excluding hydrogens is 250 g/mol. The number of hydrogen-bond acceptors (Lipinski definition) is 2. The van der Waals surface area contributed by atoms with E-state index in [0.29, 0.717) is 11.6 Å². The molecule has 110 valence electrons. The second kappa shape index (κ2) is 7.44. The minimum absolute atomic E-state index is 0.370. The van der Waals surface area contributed by atoms with Crippen molar-refractivity contribution in [3.63, 3.8) is 0 Å². The largest absolute Gasteiger partial charge is 0.478 e. The molecule has 0 radical (unpaired) electrons. The smallest absolute Gasteiger partial charge is 0.335 e. The Morgan fingerprint density at radius 3 is 2.75 bits per heavy atom. The van der Waals surface area contributed by atoms with Crippen molar-refractivity contribution in [2.75, 3.05) is 0 Å². The zero-order valence-corrected chi connectivity index (χ0v) is 12.3. The third kappa shape index (κ3) is 4.07. The average molecular weight is 275 g/mol. The van der Waals surface area contributed by atoms with Crippen LogP contribution in [0.5, 0.6) is 0 Å². The van der Waals surface area contributed by atoms with Crippen molar-refractivity contribution < 1.29 is 9.90 Å². The molecule has 0 amide bonds. The number of benzene rings is 1. The molecule has 1 aromatic rings. The molecule has 1 atom stereocenters. The highest BCUT2D eigenvalue weighted by molar-refractivity contribution is 5.87. The predicted octanol–water partition coefficient (Wildman–Crippen LogP) is 3.83. The molecule has 1 aliphatic rings. The van der Waals surface area contributed by atoms with Crippen LogP contribution in [0.4, 0.5) is 0 Å². The van der Waals surface area contributed by atoms with Crippen molar-refractivity contribution in [1.29, 1.82) is 0 Å². The summed E-state index contributed by atoms with van der Waals surface area (Å²) in [5.74, 6) is -0.0671. The molecule has 20 heavy (non-hydrogen) atoms. The highest BCUT2D eigenvalue weighted by atomic mass is 16.4. The molecule has 1 aromatic carbocycles. The lowest BCUT2D eigenvalue weighted by Crippen LogP contribution is -2.36. The summed E-state index contributed by atoms with van der Waals surface area (Å²) in [6.07, 6.45) is 7.91. The number of hydrogen-bond donors (Lipinski definition) is 2. The summed E-state index contributed by atoms with van der Waals surface area (Å²) in [5.41, 5.74) is 1.43. The zero-order chi connectivity index (χ0) is 14.4. The fourth-order valence-corrected chi connectivity index (χ4v) is 3.24. The second-order valence-electron chi connectivity index (χ2n) is 5.80. The van der Waals surface area contributed by atoms with Crippen LogP contribution in [0.2, 0.25) is 0 Å². The molecule has 0 saturated heterocycles. The molecule has 2 N–H and O–H groups in total. The molecule has 2 rings (SSSR count). The molecule has 0 bridgehead atoms. The maximum atomic E-state index is 11.0. The number of carboxylic acids is 1. The van der Waals surface area contributed by atoms with Gasteiger partial charge < -0.3 is 10.4 Å². The van der Waals surface area contributed by atoms with Crippen molar-refractivity contribution in [3.05, 3.63) is 35.4 Å². The van der Waals surface area contributed by atoms with Crippen LogP contribution in [0, 0.1) is 5.92 Å². The number of aromatic carboxylic acids is 1. The van der Waals surface area contributed by atoms with Crippen molar-refractivity contribution >= 4 is 5.97 Å². The Kier molecular flexibility index (Phi) is 5.60. The molecule has 0 spiro atoms. The van der Waals surface area contributed by atoms with E-state index in [2.05, 4.69) is 12.2 Å². The van der Waals surface area contributed by atoms with E-state index in [9.17, 15) is 4.79 Å². The lowest BCUT2D eigenvalue weighted by atomic mass is 9.83. The minimum Gasteiger partial charge on any atom is -0.478 e. The standard InChI is InChI=1S/C17H25NO2/c1-2-16(14-8-4-3-5-9-14)18-12-13-7-6-10-15(11-13)17(19)20/h6-7,10-11,14,16,18H,2-5,8-9,12H2,1H3,(H,19,20). The Morgan fingerprint density at radius 1 is 1.35 bits per heavy atom. The summed E-state index contributed by atoms with van der Waals surface area (Å²) in [5, 5.41) is 12.6. The van der Waals surface area contributed by atoms with E-state index < -0.39 is 5.97 Å². The SMILES string of the molecule is CCC(NCc1cccc(C(=O)O)c1)C1CCCCC1. The molecule has 3 heteroatoms. The van der Waals surface area contributed by atoms with Gasteiger partial charge in [0.05, 0.1) is 5.56 Å². The third-order valence-electron chi connectivity index (χ3n) is 4.40. The number of carbonyl (C=O) groups is 1. The van der Waals surface area contributed by atoms with Gasteiger partial charge in [0, 0.05) is 12.6 Å². The Hall–Kier alpha value is -1.35. The van der Waals surface area contributed by atoms with E-state index in [1.54, 1.807) is 12.1 Å². The van der Waals surface area contributed by atoms with Gasteiger partial charge in [0.2, 0.25) is 0 Å². The molecule has 0 aliphatic heterocycles. The van der Waals surface area contributed by atoms with Crippen LogP contribution < -0.4 is 5.32 Å². The summed E-state index contributed by atoms with van der Waals surface area (Å²) in [6, 6.07) is 7.78. The Bertz CT molecular complexity index is 438. The van der Waals surface area contributed by atoms with Gasteiger partial charge in [-0.3, -0.25) is 0 Å². The summed E-state index contributed by atoms with van der Waals surface area (Å²) in [7, 11) is 0. The minimum atomic E-state index is -0.855. The molecule has 3 nitrogen and oxygen atoms in total. The van der Waals surface area contributed by atoms with Gasteiger partial charge in [0.15, 0.2) is 0 Å². The van der Waals surface area contributed by atoms with Crippen LogP contribution in [-0.4, -0.2) is 17.1 Å². The summed E-state index contributed by atoms with van der Waals surface area (Å²) in [6.45, 7) is 3.00. The molecule has 1 aliphatic carbocycles. The van der Waals surface area contributed by atoms with E-state index in [-0.39, 0.29) is 0 Å². The van der Waals surface area contributed by atoms with Gasteiger partial charge in [-0.15, -0.1) is 0 Å². The Morgan fingerprint density at radius 2 is 2.10 bits per heavy atom. The van der Waals surface area contributed by atoms with E-state index in [4.69, 9.17) is 5.11 Å². The molecule has 0 heterocycles. The van der Waals surface area contributed by atoms with Gasteiger partial charge in [-0.05, 0) is 42.9 Å². The fourth-order valence-electron chi connectivity index (χ4n) is 3.24. The lowest BCUT2D eigenvalue weighted by Gasteiger charge is -2.30. The van der Waals surface area contributed by atoms with Gasteiger partial charge in [-0.25, -0.2) is 4.79 Å². The second-order valence-corrected chi connectivity index (χ2v) is 5.80. The summed E-state index contributed by atoms with van der Waals surface area (Å²) in [4.78, 5) is 11.0. The zero-order valence-electron chi connectivity index (χ0n) is 12.3. The van der Waals surface area contributed by atoms with Crippen LogP contribution in [-0.2, 0) is 6.54 Å². The molecule has 1 fully saturated rings. The number of rotatable bonds is 6. The first-order valence-corrected chi connectivity index (χ1v) is 7.76. The van der Waals surface area contributed by atoms with Crippen molar-refractivity contribution in [2.24, 2.45) is 5.92 Å². The molecule has 0 aromatic heterocycles. The fraction of sp³-hybridized carbons (Fsp3) is 0.588.